The predicted octanol–water partition coefficient (Wildman–Crippen LogP) is 9.73. The predicted molar refractivity (Wildman–Crippen MR) is 175 cm³/mol. The number of hydrogen-bond acceptors (Lipinski definition) is 3. The number of nitrogens with zero attached hydrogens (tertiary/aromatic N) is 2. The molecule has 0 amide bonds. The third-order valence-corrected chi connectivity index (χ3v) is 9.15. The third-order valence-electron chi connectivity index (χ3n) is 7.13. The number of hydrogen-bond donors (Lipinski definition) is 0. The van der Waals surface area contributed by atoms with Crippen molar-refractivity contribution in [2.75, 3.05) is 0 Å². The monoisotopic (exact) mass is 789 g/mol. The summed E-state index contributed by atoms with van der Waals surface area (Å²) in [6.45, 7) is 8.20. The van der Waals surface area contributed by atoms with Gasteiger partial charge < -0.3 is 14.4 Å². The molecule has 0 aliphatic rings. The van der Waals surface area contributed by atoms with E-state index in [9.17, 15) is 8.78 Å². The smallest absolute Gasteiger partial charge is 0.136 e. The van der Waals surface area contributed by atoms with Gasteiger partial charge in [0.1, 0.15) is 17.2 Å². The van der Waals surface area contributed by atoms with Gasteiger partial charge in [0.05, 0.1) is 13.7 Å². The first kappa shape index (κ1) is 25.8. The van der Waals surface area contributed by atoms with Crippen LogP contribution < -0.4 is 5.19 Å². The average Bonchev–Trinajstić information content (AvgIpc) is 3.38. The van der Waals surface area contributed by atoms with Crippen LogP contribution in [0.15, 0.2) is 77.5 Å². The van der Waals surface area contributed by atoms with Crippen LogP contribution in [0.5, 0.6) is 0 Å². The molecule has 3 aromatic carbocycles. The van der Waals surface area contributed by atoms with Gasteiger partial charge in [-0.25, -0.2) is 8.78 Å². The molecule has 0 aliphatic heterocycles. The normalized spacial score (nSPS) is 14.3. The molecule has 0 fully saturated rings. The molecule has 0 aliphatic carbocycles. The van der Waals surface area contributed by atoms with Crippen molar-refractivity contribution in [3.63, 3.8) is 0 Å². The van der Waals surface area contributed by atoms with Gasteiger partial charge in [-0.3, -0.25) is 0 Å². The van der Waals surface area contributed by atoms with Crippen LogP contribution in [0.3, 0.4) is 0 Å². The van der Waals surface area contributed by atoms with E-state index in [1.165, 1.54) is 18.2 Å². The molecule has 0 unspecified atom stereocenters. The van der Waals surface area contributed by atoms with Crippen LogP contribution in [0.25, 0.3) is 44.5 Å². The Morgan fingerprint density at radius 1 is 0.909 bits per heavy atom. The van der Waals surface area contributed by atoms with Crippen LogP contribution in [-0.4, -0.2) is 18.0 Å². The molecule has 0 spiro atoms. The fraction of sp³-hybridized carbons (Fsp3) is 0.243. The van der Waals surface area contributed by atoms with Gasteiger partial charge in [-0.05, 0) is 40.5 Å². The van der Waals surface area contributed by atoms with E-state index in [4.69, 9.17) is 12.6 Å². The fourth-order valence-corrected chi connectivity index (χ4v) is 6.13. The minimum Gasteiger partial charge on any atom is -0.500 e. The second-order valence-electron chi connectivity index (χ2n) is 12.5. The van der Waals surface area contributed by atoms with Crippen LogP contribution in [0, 0.1) is 37.5 Å². The summed E-state index contributed by atoms with van der Waals surface area (Å²) in [6, 6.07) is 21.6. The van der Waals surface area contributed by atoms with Crippen molar-refractivity contribution in [2.45, 2.75) is 59.5 Å². The third kappa shape index (κ3) is 7.07. The number of aryl methyl sites for hydroxylation is 2. The van der Waals surface area contributed by atoms with E-state index >= 15 is 0 Å². The second-order valence-corrected chi connectivity index (χ2v) is 17.5. The van der Waals surface area contributed by atoms with Gasteiger partial charge in [-0.1, -0.05) is 75.9 Å². The quantitative estimate of drug-likeness (QED) is 0.133. The minimum atomic E-state index is -2.22. The zero-order chi connectivity index (χ0) is 36.1. The standard InChI is InChI=1S/C21H16F2NO.C16H20NSi.Ir/c1-21(2,3)12-7-8-24-17(9-12)14-5-4-6-15-19-16(23)10-13(22)11-18(19)25-20(14)15;1-12-6-8-14(9-7-12)15-10-13(2)16(11-17-15)18(3,4)5;/h4,6-11H,1-3H3;6-8,10-11H,1-5H3;/q2*-1;/i;1D3,2D3;. The molecule has 0 saturated carbocycles. The fourth-order valence-electron chi connectivity index (χ4n) is 4.80. The molecule has 3 heterocycles. The van der Waals surface area contributed by atoms with Gasteiger partial charge >= 0.3 is 0 Å². The summed E-state index contributed by atoms with van der Waals surface area (Å²) in [5, 5.41) is 1.67. The maximum absolute atomic E-state index is 14.2. The van der Waals surface area contributed by atoms with Crippen molar-refractivity contribution >= 4 is 35.2 Å². The molecule has 0 atom stereocenters. The van der Waals surface area contributed by atoms with Crippen molar-refractivity contribution in [1.29, 1.82) is 0 Å². The summed E-state index contributed by atoms with van der Waals surface area (Å²) >= 11 is 0. The van der Waals surface area contributed by atoms with E-state index < -0.39 is 33.4 Å². The van der Waals surface area contributed by atoms with Gasteiger partial charge in [-0.15, -0.1) is 53.6 Å². The number of pyridine rings is 2. The molecule has 0 saturated heterocycles. The van der Waals surface area contributed by atoms with E-state index in [2.05, 4.69) is 62.5 Å². The summed E-state index contributed by atoms with van der Waals surface area (Å²) in [4.78, 5) is 8.82. The van der Waals surface area contributed by atoms with Gasteiger partial charge in [0.2, 0.25) is 0 Å². The number of furan rings is 1. The number of benzene rings is 3. The largest absolute Gasteiger partial charge is 0.500 e. The molecule has 6 rings (SSSR count). The number of rotatable bonds is 3. The van der Waals surface area contributed by atoms with Gasteiger partial charge in [0.25, 0.3) is 0 Å². The Kier molecular flexibility index (Phi) is 7.52. The molecule has 1 radical (unpaired) electrons. The van der Waals surface area contributed by atoms with Crippen LogP contribution >= 0.6 is 0 Å². The van der Waals surface area contributed by atoms with Crippen LogP contribution in [0.1, 0.15) is 45.7 Å². The zero-order valence-electron chi connectivity index (χ0n) is 31.3. The van der Waals surface area contributed by atoms with Crippen molar-refractivity contribution < 1.29 is 41.5 Å². The topological polar surface area (TPSA) is 38.9 Å². The minimum absolute atomic E-state index is 0. The molecule has 0 N–H and O–H groups in total. The number of fused-ring (bicyclic) bond motifs is 3. The van der Waals surface area contributed by atoms with Crippen LogP contribution in [0.4, 0.5) is 8.78 Å². The van der Waals surface area contributed by atoms with Crippen LogP contribution in [-0.2, 0) is 25.5 Å². The van der Waals surface area contributed by atoms with E-state index in [0.717, 1.165) is 16.8 Å². The summed E-state index contributed by atoms with van der Waals surface area (Å²) in [5.74, 6) is -1.30. The first-order chi connectivity index (χ1) is 22.6. The second kappa shape index (κ2) is 12.8. The Morgan fingerprint density at radius 2 is 1.70 bits per heavy atom. The SMILES string of the molecule is CC(C)(C)c1ccnc(-c2[c-]ccc3c2oc2cc(F)cc(F)c23)c1.[2H]C([2H])([2H])c1c[c-]c(-c2cc(C([2H])([2H])[2H])c([Si](C)(C)C)cn2)cc1.[Ir]. The Morgan fingerprint density at radius 3 is 2.36 bits per heavy atom. The Labute approximate surface area is 281 Å². The van der Waals surface area contributed by atoms with Gasteiger partial charge in [0, 0.05) is 58.2 Å². The molecular formula is C37H36F2IrN2OSi-2. The first-order valence-electron chi connectivity index (χ1n) is 16.9. The van der Waals surface area contributed by atoms with Crippen molar-refractivity contribution in [1.82, 2.24) is 9.97 Å². The van der Waals surface area contributed by atoms with Gasteiger partial charge in [0.15, 0.2) is 0 Å². The summed E-state index contributed by atoms with van der Waals surface area (Å²) in [5.41, 5.74) is 4.64. The Balaban J connectivity index is 0.000000221. The summed E-state index contributed by atoms with van der Waals surface area (Å²) < 4.78 is 79.1. The van der Waals surface area contributed by atoms with E-state index in [0.29, 0.717) is 39.0 Å². The maximum atomic E-state index is 14.2. The molecule has 0 bridgehead atoms. The summed E-state index contributed by atoms with van der Waals surface area (Å²) in [6.07, 6.45) is 3.39. The summed E-state index contributed by atoms with van der Waals surface area (Å²) in [7, 11) is -1.85. The zero-order valence-corrected chi connectivity index (χ0v) is 28.7. The van der Waals surface area contributed by atoms with E-state index in [-0.39, 0.29) is 42.1 Å². The van der Waals surface area contributed by atoms with E-state index in [1.54, 1.807) is 36.7 Å². The molecule has 229 valence electrons. The van der Waals surface area contributed by atoms with Crippen LogP contribution in [0.2, 0.25) is 19.6 Å². The van der Waals surface area contributed by atoms with Crippen molar-refractivity contribution in [2.24, 2.45) is 0 Å². The molecule has 44 heavy (non-hydrogen) atoms. The molecule has 6 aromatic rings. The van der Waals surface area contributed by atoms with Crippen molar-refractivity contribution in [3.8, 4) is 22.5 Å². The number of halogens is 2. The first-order valence-corrected chi connectivity index (χ1v) is 17.4. The Bertz CT molecular complexity index is 2150. The molecule has 7 heteroatoms. The van der Waals surface area contributed by atoms with E-state index in [1.807, 2.05) is 12.1 Å². The number of aromatic nitrogens is 2. The van der Waals surface area contributed by atoms with Gasteiger partial charge in [-0.2, -0.15) is 0 Å². The molecule has 3 aromatic heterocycles. The van der Waals surface area contributed by atoms with Crippen molar-refractivity contribution in [3.05, 3.63) is 114 Å². The molecule has 3 nitrogen and oxygen atoms in total. The Hall–Kier alpha value is -3.51. The molecular weight excluding hydrogens is 747 g/mol. The maximum Gasteiger partial charge on any atom is 0.136 e. The average molecular weight is 789 g/mol.